The van der Waals surface area contributed by atoms with Crippen LogP contribution in [0.15, 0.2) is 65.0 Å². The van der Waals surface area contributed by atoms with Gasteiger partial charge in [0.25, 0.3) is 5.91 Å². The number of hydrogen-bond acceptors (Lipinski definition) is 7. The minimum absolute atomic E-state index is 0.0430. The van der Waals surface area contributed by atoms with Gasteiger partial charge in [0.15, 0.2) is 22.4 Å². The Labute approximate surface area is 201 Å². The topological polar surface area (TPSA) is 89.5 Å². The van der Waals surface area contributed by atoms with Crippen molar-refractivity contribution in [2.24, 2.45) is 0 Å². The van der Waals surface area contributed by atoms with Gasteiger partial charge >= 0.3 is 0 Å². The van der Waals surface area contributed by atoms with E-state index in [1.165, 1.54) is 11.3 Å². The molecule has 1 aliphatic carbocycles. The van der Waals surface area contributed by atoms with Crippen LogP contribution in [-0.4, -0.2) is 30.9 Å². The zero-order chi connectivity index (χ0) is 23.8. The summed E-state index contributed by atoms with van der Waals surface area (Å²) in [7, 11) is 3.14. The van der Waals surface area contributed by atoms with Crippen LogP contribution in [0.4, 0.5) is 5.13 Å². The molecule has 0 fully saturated rings. The third-order valence-electron chi connectivity index (χ3n) is 6.28. The highest BCUT2D eigenvalue weighted by molar-refractivity contribution is 7.22. The van der Waals surface area contributed by atoms with E-state index < -0.39 is 5.92 Å². The normalized spacial score (nSPS) is 18.0. The van der Waals surface area contributed by atoms with E-state index >= 15 is 0 Å². The van der Waals surface area contributed by atoms with Crippen LogP contribution in [0.5, 0.6) is 11.5 Å². The quantitative estimate of drug-likeness (QED) is 0.545. The Morgan fingerprint density at radius 3 is 2.71 bits per heavy atom. The van der Waals surface area contributed by atoms with Crippen molar-refractivity contribution in [3.63, 3.8) is 0 Å². The van der Waals surface area contributed by atoms with Gasteiger partial charge in [0.05, 0.1) is 30.4 Å². The van der Waals surface area contributed by atoms with Crippen LogP contribution in [0.25, 0.3) is 10.2 Å². The number of dihydropyridines is 1. The molecule has 3 aromatic rings. The highest BCUT2D eigenvalue weighted by Crippen LogP contribution is 2.47. The third kappa shape index (κ3) is 3.74. The van der Waals surface area contributed by atoms with Crippen molar-refractivity contribution in [2.45, 2.75) is 32.1 Å². The lowest BCUT2D eigenvalue weighted by atomic mass is 9.74. The molecule has 0 unspecified atom stereocenters. The lowest BCUT2D eigenvalue weighted by molar-refractivity contribution is -0.116. The summed E-state index contributed by atoms with van der Waals surface area (Å²) in [5, 5.41) is 6.83. The van der Waals surface area contributed by atoms with E-state index in [0.717, 1.165) is 34.3 Å². The predicted molar refractivity (Wildman–Crippen MR) is 132 cm³/mol. The Hall–Kier alpha value is -3.65. The number of nitrogens with one attached hydrogen (secondary N) is 2. The van der Waals surface area contributed by atoms with Crippen molar-refractivity contribution in [3.8, 4) is 11.5 Å². The van der Waals surface area contributed by atoms with Crippen LogP contribution in [0, 0.1) is 0 Å². The molecule has 0 radical (unpaired) electrons. The average Bonchev–Trinajstić information content (AvgIpc) is 3.24. The number of rotatable bonds is 5. The maximum Gasteiger partial charge on any atom is 0.256 e. The predicted octanol–water partition coefficient (Wildman–Crippen LogP) is 4.92. The molecule has 1 aromatic heterocycles. The number of methoxy groups -OCH3 is 2. The van der Waals surface area contributed by atoms with Crippen LogP contribution in [0.2, 0.25) is 0 Å². The number of anilines is 1. The van der Waals surface area contributed by atoms with Crippen LogP contribution >= 0.6 is 11.3 Å². The van der Waals surface area contributed by atoms with E-state index in [1.807, 2.05) is 43.3 Å². The van der Waals surface area contributed by atoms with Gasteiger partial charge in [0.1, 0.15) is 0 Å². The largest absolute Gasteiger partial charge is 0.493 e. The first kappa shape index (κ1) is 22.2. The molecule has 0 saturated heterocycles. The van der Waals surface area contributed by atoms with Gasteiger partial charge < -0.3 is 14.8 Å². The fourth-order valence-corrected chi connectivity index (χ4v) is 5.69. The Morgan fingerprint density at radius 2 is 1.94 bits per heavy atom. The average molecular weight is 476 g/mol. The number of carbonyl (C=O) groups excluding carboxylic acids is 2. The standard InChI is InChI=1S/C26H25N3O4S/c1-14-21(25(31)29-26-28-16-9-4-5-13-20(16)34-26)22(23-17(27-14)10-7-11-18(23)30)15-8-6-12-19(32-2)24(15)33-3/h4-6,8-9,12-13,22,27H,7,10-11H2,1-3H3,(H,28,29,31)/t22-/m0/s1. The third-order valence-corrected chi connectivity index (χ3v) is 7.23. The van der Waals surface area contributed by atoms with Gasteiger partial charge in [-0.25, -0.2) is 4.98 Å². The van der Waals surface area contributed by atoms with Crippen LogP contribution < -0.4 is 20.1 Å². The highest BCUT2D eigenvalue weighted by atomic mass is 32.1. The second-order valence-corrected chi connectivity index (χ2v) is 9.32. The number of Topliss-reactive ketones (excluding diaryl/α,β-unsaturated/α-hetero) is 1. The molecule has 7 nitrogen and oxygen atoms in total. The smallest absolute Gasteiger partial charge is 0.256 e. The number of aromatic nitrogens is 1. The van der Waals surface area contributed by atoms with E-state index in [2.05, 4.69) is 15.6 Å². The number of hydrogen-bond donors (Lipinski definition) is 2. The lowest BCUT2D eigenvalue weighted by Crippen LogP contribution is -2.35. The molecule has 0 saturated carbocycles. The second kappa shape index (κ2) is 8.95. The maximum absolute atomic E-state index is 13.7. The number of nitrogens with zero attached hydrogens (tertiary/aromatic N) is 1. The molecule has 174 valence electrons. The molecule has 2 heterocycles. The number of fused-ring (bicyclic) bond motifs is 1. The SMILES string of the molecule is COc1cccc([C@H]2C(C(=O)Nc3nc4ccccc4s3)=C(C)NC3=C2C(=O)CCC3)c1OC. The molecule has 1 amide bonds. The molecule has 1 atom stereocenters. The van der Waals surface area contributed by atoms with Crippen LogP contribution in [0.3, 0.4) is 0 Å². The van der Waals surface area contributed by atoms with Crippen molar-refractivity contribution < 1.29 is 19.1 Å². The Balaban J connectivity index is 1.62. The molecule has 2 aliphatic rings. The number of ether oxygens (including phenoxy) is 2. The summed E-state index contributed by atoms with van der Waals surface area (Å²) in [5.41, 5.74) is 4.23. The van der Waals surface area contributed by atoms with E-state index in [-0.39, 0.29) is 11.7 Å². The fourth-order valence-electron chi connectivity index (χ4n) is 4.82. The Bertz CT molecular complexity index is 1340. The van der Waals surface area contributed by atoms with Gasteiger partial charge in [-0.15, -0.1) is 0 Å². The number of carbonyl (C=O) groups is 2. The highest BCUT2D eigenvalue weighted by Gasteiger charge is 2.40. The number of para-hydroxylation sites is 2. The first-order chi connectivity index (χ1) is 16.5. The zero-order valence-corrected chi connectivity index (χ0v) is 20.0. The monoisotopic (exact) mass is 475 g/mol. The van der Waals surface area contributed by atoms with E-state index in [0.29, 0.717) is 39.9 Å². The van der Waals surface area contributed by atoms with Gasteiger partial charge in [-0.05, 0) is 38.0 Å². The number of benzene rings is 2. The second-order valence-electron chi connectivity index (χ2n) is 8.29. The minimum Gasteiger partial charge on any atom is -0.493 e. The first-order valence-electron chi connectivity index (χ1n) is 11.1. The van der Waals surface area contributed by atoms with Crippen LogP contribution in [-0.2, 0) is 9.59 Å². The summed E-state index contributed by atoms with van der Waals surface area (Å²) < 4.78 is 12.2. The molecule has 2 aromatic carbocycles. The fraction of sp³-hybridized carbons (Fsp3) is 0.269. The summed E-state index contributed by atoms with van der Waals surface area (Å²) in [6.45, 7) is 1.87. The summed E-state index contributed by atoms with van der Waals surface area (Å²) in [6, 6.07) is 13.3. The molecule has 2 N–H and O–H groups in total. The Kier molecular flexibility index (Phi) is 5.83. The molecule has 0 bridgehead atoms. The number of allylic oxidation sites excluding steroid dienone is 3. The molecular weight excluding hydrogens is 450 g/mol. The number of ketones is 1. The van der Waals surface area contributed by atoms with Gasteiger partial charge in [0, 0.05) is 34.5 Å². The van der Waals surface area contributed by atoms with Crippen molar-refractivity contribution in [1.82, 2.24) is 10.3 Å². The van der Waals surface area contributed by atoms with E-state index in [1.54, 1.807) is 20.3 Å². The van der Waals surface area contributed by atoms with Gasteiger partial charge in [-0.2, -0.15) is 0 Å². The van der Waals surface area contributed by atoms with E-state index in [4.69, 9.17) is 9.47 Å². The van der Waals surface area contributed by atoms with Crippen LogP contribution in [0.1, 0.15) is 37.7 Å². The summed E-state index contributed by atoms with van der Waals surface area (Å²) in [4.78, 5) is 31.5. The zero-order valence-electron chi connectivity index (χ0n) is 19.2. The molecule has 8 heteroatoms. The summed E-state index contributed by atoms with van der Waals surface area (Å²) >= 11 is 1.42. The van der Waals surface area contributed by atoms with Crippen molar-refractivity contribution in [1.29, 1.82) is 0 Å². The van der Waals surface area contributed by atoms with E-state index in [9.17, 15) is 9.59 Å². The van der Waals surface area contributed by atoms with Gasteiger partial charge in [0.2, 0.25) is 0 Å². The van der Waals surface area contributed by atoms with Crippen molar-refractivity contribution in [2.75, 3.05) is 19.5 Å². The number of thiazole rings is 1. The summed E-state index contributed by atoms with van der Waals surface area (Å²) in [5.74, 6) is 0.224. The molecule has 0 spiro atoms. The lowest BCUT2D eigenvalue weighted by Gasteiger charge is -2.35. The molecule has 1 aliphatic heterocycles. The van der Waals surface area contributed by atoms with Gasteiger partial charge in [-0.3, -0.25) is 14.9 Å². The molecule has 5 rings (SSSR count). The molecule has 34 heavy (non-hydrogen) atoms. The first-order valence-corrected chi connectivity index (χ1v) is 11.9. The van der Waals surface area contributed by atoms with Crippen molar-refractivity contribution >= 4 is 38.4 Å². The number of amides is 1. The Morgan fingerprint density at radius 1 is 1.12 bits per heavy atom. The van der Waals surface area contributed by atoms with Crippen molar-refractivity contribution in [3.05, 3.63) is 70.6 Å². The summed E-state index contributed by atoms with van der Waals surface area (Å²) in [6.07, 6.45) is 2.00. The van der Waals surface area contributed by atoms with Gasteiger partial charge in [-0.1, -0.05) is 35.6 Å². The maximum atomic E-state index is 13.7. The minimum atomic E-state index is -0.580. The molecular formula is C26H25N3O4S.